The average molecular weight is 238 g/mol. The van der Waals surface area contributed by atoms with Gasteiger partial charge in [-0.15, -0.1) is 0 Å². The van der Waals surface area contributed by atoms with Crippen LogP contribution in [0.4, 0.5) is 0 Å². The molecule has 100 valence electrons. The molecule has 0 bridgehead atoms. The van der Waals surface area contributed by atoms with Gasteiger partial charge in [0, 0.05) is 25.2 Å². The number of nitrogens with one attached hydrogen (secondary N) is 1. The van der Waals surface area contributed by atoms with Crippen LogP contribution in [0.25, 0.3) is 0 Å². The van der Waals surface area contributed by atoms with Crippen molar-refractivity contribution in [2.24, 2.45) is 5.92 Å². The summed E-state index contributed by atoms with van der Waals surface area (Å²) < 4.78 is 0. The quantitative estimate of drug-likeness (QED) is 0.699. The van der Waals surface area contributed by atoms with Crippen molar-refractivity contribution in [1.82, 2.24) is 10.2 Å². The summed E-state index contributed by atoms with van der Waals surface area (Å²) in [6.07, 6.45) is 9.78. The molecule has 0 radical (unpaired) electrons. The second-order valence-corrected chi connectivity index (χ2v) is 6.04. The van der Waals surface area contributed by atoms with Crippen molar-refractivity contribution in [2.75, 3.05) is 19.6 Å². The van der Waals surface area contributed by atoms with Crippen LogP contribution in [0, 0.1) is 5.92 Å². The minimum atomic E-state index is 0.777. The number of nitrogens with zero attached hydrogens (tertiary/aromatic N) is 1. The third-order valence-corrected chi connectivity index (χ3v) is 4.42. The third kappa shape index (κ3) is 4.26. The Bertz CT molecular complexity index is 207. The van der Waals surface area contributed by atoms with E-state index in [0.717, 1.165) is 18.0 Å². The van der Waals surface area contributed by atoms with E-state index in [4.69, 9.17) is 0 Å². The van der Waals surface area contributed by atoms with E-state index >= 15 is 0 Å². The highest BCUT2D eigenvalue weighted by atomic mass is 15.2. The molecule has 1 aliphatic carbocycles. The Hall–Kier alpha value is -0.0800. The molecule has 1 saturated heterocycles. The molecule has 1 heterocycles. The van der Waals surface area contributed by atoms with Gasteiger partial charge in [0.15, 0.2) is 0 Å². The van der Waals surface area contributed by atoms with Crippen LogP contribution in [0.3, 0.4) is 0 Å². The molecule has 2 atom stereocenters. The van der Waals surface area contributed by atoms with Crippen LogP contribution in [0.5, 0.6) is 0 Å². The third-order valence-electron chi connectivity index (χ3n) is 4.42. The molecule has 1 saturated carbocycles. The first-order valence-electron chi connectivity index (χ1n) is 7.80. The Morgan fingerprint density at radius 3 is 2.53 bits per heavy atom. The van der Waals surface area contributed by atoms with Gasteiger partial charge in [0.2, 0.25) is 0 Å². The maximum absolute atomic E-state index is 3.66. The Kier molecular flexibility index (Phi) is 5.30. The van der Waals surface area contributed by atoms with Gasteiger partial charge < -0.3 is 5.32 Å². The highest BCUT2D eigenvalue weighted by Crippen LogP contribution is 2.31. The molecule has 0 aromatic carbocycles. The molecule has 0 amide bonds. The first-order chi connectivity index (χ1) is 8.33. The van der Waals surface area contributed by atoms with Crippen LogP contribution in [-0.4, -0.2) is 36.6 Å². The summed E-state index contributed by atoms with van der Waals surface area (Å²) in [5, 5.41) is 3.66. The summed E-state index contributed by atoms with van der Waals surface area (Å²) in [6.45, 7) is 8.60. The summed E-state index contributed by atoms with van der Waals surface area (Å²) in [6, 6.07) is 1.61. The van der Waals surface area contributed by atoms with E-state index in [1.807, 2.05) is 0 Å². The highest BCUT2D eigenvalue weighted by Gasteiger charge is 2.29. The molecular weight excluding hydrogens is 208 g/mol. The van der Waals surface area contributed by atoms with Crippen molar-refractivity contribution in [3.05, 3.63) is 0 Å². The Morgan fingerprint density at radius 1 is 1.18 bits per heavy atom. The average Bonchev–Trinajstić information content (AvgIpc) is 3.00. The second-order valence-electron chi connectivity index (χ2n) is 6.04. The standard InChI is InChI=1S/C15H30N2/c1-3-6-15(4-2)17(11-13-8-9-13)12-14-7-5-10-16-14/h13-16H,3-12H2,1-2H3. The van der Waals surface area contributed by atoms with E-state index in [9.17, 15) is 0 Å². The van der Waals surface area contributed by atoms with Crippen molar-refractivity contribution in [2.45, 2.75) is 70.9 Å². The van der Waals surface area contributed by atoms with E-state index < -0.39 is 0 Å². The fourth-order valence-electron chi connectivity index (χ4n) is 3.18. The normalized spacial score (nSPS) is 26.6. The summed E-state index contributed by atoms with van der Waals surface area (Å²) in [5.74, 6) is 1.03. The van der Waals surface area contributed by atoms with Gasteiger partial charge in [-0.1, -0.05) is 20.3 Å². The summed E-state index contributed by atoms with van der Waals surface area (Å²) in [4.78, 5) is 2.81. The zero-order valence-electron chi connectivity index (χ0n) is 11.8. The second kappa shape index (κ2) is 6.75. The van der Waals surface area contributed by atoms with Gasteiger partial charge in [0.1, 0.15) is 0 Å². The first-order valence-corrected chi connectivity index (χ1v) is 7.80. The van der Waals surface area contributed by atoms with Crippen molar-refractivity contribution in [3.63, 3.8) is 0 Å². The van der Waals surface area contributed by atoms with Gasteiger partial charge in [0.25, 0.3) is 0 Å². The van der Waals surface area contributed by atoms with Crippen molar-refractivity contribution >= 4 is 0 Å². The molecule has 0 aromatic heterocycles. The summed E-state index contributed by atoms with van der Waals surface area (Å²) >= 11 is 0. The fourth-order valence-corrected chi connectivity index (χ4v) is 3.18. The fraction of sp³-hybridized carbons (Fsp3) is 1.00. The van der Waals surface area contributed by atoms with Gasteiger partial charge in [-0.3, -0.25) is 4.90 Å². The molecule has 17 heavy (non-hydrogen) atoms. The lowest BCUT2D eigenvalue weighted by atomic mass is 10.1. The van der Waals surface area contributed by atoms with E-state index in [1.54, 1.807) is 0 Å². The topological polar surface area (TPSA) is 15.3 Å². The maximum atomic E-state index is 3.66. The van der Waals surface area contributed by atoms with Gasteiger partial charge in [-0.25, -0.2) is 0 Å². The Balaban J connectivity index is 1.84. The Labute approximate surface area is 107 Å². The summed E-state index contributed by atoms with van der Waals surface area (Å²) in [5.41, 5.74) is 0. The minimum Gasteiger partial charge on any atom is -0.313 e. The van der Waals surface area contributed by atoms with Crippen molar-refractivity contribution in [3.8, 4) is 0 Å². The molecule has 0 spiro atoms. The van der Waals surface area contributed by atoms with Gasteiger partial charge >= 0.3 is 0 Å². The predicted octanol–water partition coefficient (Wildman–Crippen LogP) is 3.03. The van der Waals surface area contributed by atoms with Crippen LogP contribution >= 0.6 is 0 Å². The van der Waals surface area contributed by atoms with E-state index in [1.165, 1.54) is 64.6 Å². The largest absolute Gasteiger partial charge is 0.313 e. The highest BCUT2D eigenvalue weighted by molar-refractivity contribution is 4.85. The lowest BCUT2D eigenvalue weighted by Crippen LogP contribution is -2.44. The van der Waals surface area contributed by atoms with Crippen LogP contribution in [0.15, 0.2) is 0 Å². The van der Waals surface area contributed by atoms with Gasteiger partial charge in [-0.2, -0.15) is 0 Å². The number of hydrogen-bond acceptors (Lipinski definition) is 2. The lowest BCUT2D eigenvalue weighted by Gasteiger charge is -2.33. The molecule has 0 aromatic rings. The SMILES string of the molecule is CCCC(CC)N(CC1CC1)CC1CCCN1. The van der Waals surface area contributed by atoms with Crippen molar-refractivity contribution in [1.29, 1.82) is 0 Å². The maximum Gasteiger partial charge on any atom is 0.0195 e. The molecule has 2 nitrogen and oxygen atoms in total. The number of rotatable bonds is 8. The first kappa shape index (κ1) is 13.4. The van der Waals surface area contributed by atoms with Crippen LogP contribution in [0.2, 0.25) is 0 Å². The van der Waals surface area contributed by atoms with E-state index in [2.05, 4.69) is 24.1 Å². The van der Waals surface area contributed by atoms with Crippen LogP contribution in [-0.2, 0) is 0 Å². The monoisotopic (exact) mass is 238 g/mol. The molecule has 1 aliphatic heterocycles. The molecule has 2 heteroatoms. The van der Waals surface area contributed by atoms with Gasteiger partial charge in [-0.05, 0) is 51.0 Å². The molecule has 1 N–H and O–H groups in total. The zero-order chi connectivity index (χ0) is 12.1. The molecule has 2 rings (SSSR count). The van der Waals surface area contributed by atoms with Crippen LogP contribution in [0.1, 0.15) is 58.8 Å². The number of hydrogen-bond donors (Lipinski definition) is 1. The van der Waals surface area contributed by atoms with Crippen LogP contribution < -0.4 is 5.32 Å². The molecule has 2 fully saturated rings. The van der Waals surface area contributed by atoms with E-state index in [0.29, 0.717) is 0 Å². The van der Waals surface area contributed by atoms with Gasteiger partial charge in [0.05, 0.1) is 0 Å². The molecule has 2 aliphatic rings. The Morgan fingerprint density at radius 2 is 2.00 bits per heavy atom. The van der Waals surface area contributed by atoms with E-state index in [-0.39, 0.29) is 0 Å². The molecular formula is C15H30N2. The summed E-state index contributed by atoms with van der Waals surface area (Å²) in [7, 11) is 0. The minimum absolute atomic E-state index is 0.777. The lowest BCUT2D eigenvalue weighted by molar-refractivity contribution is 0.158. The zero-order valence-corrected chi connectivity index (χ0v) is 11.8. The molecule has 2 unspecified atom stereocenters. The van der Waals surface area contributed by atoms with Crippen molar-refractivity contribution < 1.29 is 0 Å². The smallest absolute Gasteiger partial charge is 0.0195 e. The predicted molar refractivity (Wildman–Crippen MR) is 74.3 cm³/mol.